The number of carbonyl (C=O) groups excluding carboxylic acids is 3. The second kappa shape index (κ2) is 11.0. The molecule has 0 aliphatic rings. The van der Waals surface area contributed by atoms with Crippen molar-refractivity contribution < 1.29 is 27.9 Å². The second-order valence-corrected chi connectivity index (χ2v) is 6.97. The van der Waals surface area contributed by atoms with E-state index in [-0.39, 0.29) is 25.0 Å². The monoisotopic (exact) mass is 446 g/mol. The molecular formula is C22H24F2N4O4. The molecule has 2 aromatic carbocycles. The number of nitrogens with two attached hydrogens (primary N) is 1. The van der Waals surface area contributed by atoms with Crippen molar-refractivity contribution >= 4 is 29.7 Å². The quantitative estimate of drug-likeness (QED) is 0.236. The van der Waals surface area contributed by atoms with E-state index < -0.39 is 35.0 Å². The Hall–Kier alpha value is -3.82. The molecule has 4 N–H and O–H groups in total. The second-order valence-electron chi connectivity index (χ2n) is 6.97. The van der Waals surface area contributed by atoms with Crippen molar-refractivity contribution in [3.05, 3.63) is 65.2 Å². The largest absolute Gasteiger partial charge is 0.464 e. The number of halogens is 2. The number of amides is 2. The summed E-state index contributed by atoms with van der Waals surface area (Å²) in [5, 5.41) is 8.51. The minimum atomic E-state index is -1.77. The van der Waals surface area contributed by atoms with Crippen molar-refractivity contribution in [1.82, 2.24) is 5.32 Å². The van der Waals surface area contributed by atoms with E-state index in [0.29, 0.717) is 5.69 Å². The third-order valence-electron chi connectivity index (χ3n) is 4.57. The van der Waals surface area contributed by atoms with Gasteiger partial charge in [0.2, 0.25) is 11.8 Å². The van der Waals surface area contributed by atoms with Crippen LogP contribution in [0.25, 0.3) is 0 Å². The van der Waals surface area contributed by atoms with Gasteiger partial charge in [0.25, 0.3) is 0 Å². The molecule has 0 aromatic heterocycles. The molecule has 2 amide bonds. The first kappa shape index (κ1) is 24.4. The standard InChI is InChI=1S/C22H24F2N4O4/c1-3-32-21(31)22(2,15-6-9-17(23)18(24)12-15)28-20(30)11-10-19(29)27-16-7-4-14(5-8-16)13-26-25/h4-9,12-13H,3,10-11,25H2,1-2H3,(H,27,29)(H,28,30). The van der Waals surface area contributed by atoms with Gasteiger partial charge in [0, 0.05) is 18.5 Å². The van der Waals surface area contributed by atoms with E-state index in [1.54, 1.807) is 31.2 Å². The van der Waals surface area contributed by atoms with E-state index in [1.165, 1.54) is 19.2 Å². The van der Waals surface area contributed by atoms with Crippen molar-refractivity contribution in [3.63, 3.8) is 0 Å². The van der Waals surface area contributed by atoms with Crippen LogP contribution < -0.4 is 16.5 Å². The molecule has 1 unspecified atom stereocenters. The van der Waals surface area contributed by atoms with Crippen molar-refractivity contribution in [2.45, 2.75) is 32.2 Å². The number of anilines is 1. The van der Waals surface area contributed by atoms with Crippen LogP contribution in [0.15, 0.2) is 47.6 Å². The van der Waals surface area contributed by atoms with Gasteiger partial charge in [-0.05, 0) is 49.2 Å². The summed E-state index contributed by atoms with van der Waals surface area (Å²) in [6.45, 7) is 2.92. The van der Waals surface area contributed by atoms with Crippen LogP contribution in [0.4, 0.5) is 14.5 Å². The zero-order valence-electron chi connectivity index (χ0n) is 17.7. The average Bonchev–Trinajstić information content (AvgIpc) is 2.76. The summed E-state index contributed by atoms with van der Waals surface area (Å²) in [5.74, 6) is 0.902. The fourth-order valence-corrected chi connectivity index (χ4v) is 2.85. The topological polar surface area (TPSA) is 123 Å². The number of ether oxygens (including phenoxy) is 1. The summed E-state index contributed by atoms with van der Waals surface area (Å²) >= 11 is 0. The van der Waals surface area contributed by atoms with Gasteiger partial charge in [-0.3, -0.25) is 9.59 Å². The number of hydrogen-bond donors (Lipinski definition) is 3. The predicted molar refractivity (Wildman–Crippen MR) is 115 cm³/mol. The van der Waals surface area contributed by atoms with Gasteiger partial charge in [-0.1, -0.05) is 18.2 Å². The Bertz CT molecular complexity index is 1010. The van der Waals surface area contributed by atoms with Gasteiger partial charge < -0.3 is 21.2 Å². The SMILES string of the molecule is CCOC(=O)C(C)(NC(=O)CCC(=O)Nc1ccc(C=NN)cc1)c1ccc(F)c(F)c1. The molecule has 10 heteroatoms. The minimum Gasteiger partial charge on any atom is -0.464 e. The first-order chi connectivity index (χ1) is 15.2. The van der Waals surface area contributed by atoms with E-state index >= 15 is 0 Å². The van der Waals surface area contributed by atoms with Crippen molar-refractivity contribution in [3.8, 4) is 0 Å². The van der Waals surface area contributed by atoms with Crippen LogP contribution in [0, 0.1) is 11.6 Å². The maximum absolute atomic E-state index is 13.7. The maximum atomic E-state index is 13.7. The summed E-state index contributed by atoms with van der Waals surface area (Å²) in [5.41, 5.74) is -0.491. The summed E-state index contributed by atoms with van der Waals surface area (Å²) < 4.78 is 32.0. The van der Waals surface area contributed by atoms with Gasteiger partial charge >= 0.3 is 5.97 Å². The summed E-state index contributed by atoms with van der Waals surface area (Å²) in [6.07, 6.45) is 1.03. The zero-order chi connectivity index (χ0) is 23.7. The normalized spacial score (nSPS) is 12.8. The van der Waals surface area contributed by atoms with Crippen LogP contribution in [0.5, 0.6) is 0 Å². The molecule has 1 atom stereocenters. The lowest BCUT2D eigenvalue weighted by molar-refractivity contribution is -0.153. The van der Waals surface area contributed by atoms with E-state index in [0.717, 1.165) is 17.7 Å². The van der Waals surface area contributed by atoms with Crippen LogP contribution >= 0.6 is 0 Å². The molecule has 0 aliphatic carbocycles. The van der Waals surface area contributed by atoms with Crippen molar-refractivity contribution in [2.24, 2.45) is 10.9 Å². The third kappa shape index (κ3) is 6.34. The van der Waals surface area contributed by atoms with E-state index in [2.05, 4.69) is 15.7 Å². The highest BCUT2D eigenvalue weighted by Crippen LogP contribution is 2.25. The number of rotatable bonds is 9. The fraction of sp³-hybridized carbons (Fsp3) is 0.273. The Morgan fingerprint density at radius 2 is 1.72 bits per heavy atom. The molecule has 0 aliphatic heterocycles. The Morgan fingerprint density at radius 3 is 2.31 bits per heavy atom. The average molecular weight is 446 g/mol. The molecule has 0 bridgehead atoms. The molecule has 0 fully saturated rings. The number of benzene rings is 2. The van der Waals surface area contributed by atoms with Crippen molar-refractivity contribution in [1.29, 1.82) is 0 Å². The molecule has 0 heterocycles. The Kier molecular flexibility index (Phi) is 8.39. The molecule has 0 saturated heterocycles. The number of carbonyl (C=O) groups is 3. The van der Waals surface area contributed by atoms with Gasteiger partial charge in [0.05, 0.1) is 12.8 Å². The lowest BCUT2D eigenvalue weighted by Crippen LogP contribution is -2.50. The highest BCUT2D eigenvalue weighted by molar-refractivity contribution is 5.95. The van der Waals surface area contributed by atoms with Crippen LogP contribution in [0.2, 0.25) is 0 Å². The molecule has 32 heavy (non-hydrogen) atoms. The molecule has 2 rings (SSSR count). The molecule has 0 spiro atoms. The van der Waals surface area contributed by atoms with Crippen LogP contribution in [-0.2, 0) is 24.7 Å². The summed E-state index contributed by atoms with van der Waals surface area (Å²) in [6, 6.07) is 9.55. The zero-order valence-corrected chi connectivity index (χ0v) is 17.7. The van der Waals surface area contributed by atoms with Gasteiger partial charge in [-0.25, -0.2) is 13.6 Å². The first-order valence-electron chi connectivity index (χ1n) is 9.76. The lowest BCUT2D eigenvalue weighted by Gasteiger charge is -2.29. The summed E-state index contributed by atoms with van der Waals surface area (Å²) in [7, 11) is 0. The molecule has 8 nitrogen and oxygen atoms in total. The highest BCUT2D eigenvalue weighted by atomic mass is 19.2. The first-order valence-corrected chi connectivity index (χ1v) is 9.76. The number of esters is 1. The molecular weight excluding hydrogens is 422 g/mol. The van der Waals surface area contributed by atoms with E-state index in [1.807, 2.05) is 0 Å². The minimum absolute atomic E-state index is 0.00811. The van der Waals surface area contributed by atoms with Gasteiger partial charge in [-0.2, -0.15) is 5.10 Å². The van der Waals surface area contributed by atoms with Crippen LogP contribution in [0.3, 0.4) is 0 Å². The van der Waals surface area contributed by atoms with Crippen LogP contribution in [-0.4, -0.2) is 30.6 Å². The number of hydrogen-bond acceptors (Lipinski definition) is 6. The van der Waals surface area contributed by atoms with Crippen LogP contribution in [0.1, 0.15) is 37.8 Å². The van der Waals surface area contributed by atoms with Crippen molar-refractivity contribution in [2.75, 3.05) is 11.9 Å². The van der Waals surface area contributed by atoms with Gasteiger partial charge in [-0.15, -0.1) is 0 Å². The Labute approximate surface area is 183 Å². The molecule has 2 aromatic rings. The molecule has 0 saturated carbocycles. The Balaban J connectivity index is 2.03. The maximum Gasteiger partial charge on any atom is 0.336 e. The lowest BCUT2D eigenvalue weighted by atomic mass is 9.91. The highest BCUT2D eigenvalue weighted by Gasteiger charge is 2.39. The predicted octanol–water partition coefficient (Wildman–Crippen LogP) is 2.57. The Morgan fingerprint density at radius 1 is 1.06 bits per heavy atom. The van der Waals surface area contributed by atoms with Gasteiger partial charge in [0.1, 0.15) is 0 Å². The number of nitrogens with zero attached hydrogens (tertiary/aromatic N) is 1. The number of hydrazone groups is 1. The smallest absolute Gasteiger partial charge is 0.336 e. The fourth-order valence-electron chi connectivity index (χ4n) is 2.85. The van der Waals surface area contributed by atoms with E-state index in [9.17, 15) is 23.2 Å². The third-order valence-corrected chi connectivity index (χ3v) is 4.57. The van der Waals surface area contributed by atoms with E-state index in [4.69, 9.17) is 10.6 Å². The molecule has 0 radical (unpaired) electrons. The summed E-state index contributed by atoms with van der Waals surface area (Å²) in [4.78, 5) is 37.1. The molecule has 170 valence electrons. The number of nitrogens with one attached hydrogen (secondary N) is 2. The van der Waals surface area contributed by atoms with Gasteiger partial charge in [0.15, 0.2) is 17.2 Å².